The number of carboxylic acids is 1. The van der Waals surface area contributed by atoms with Crippen LogP contribution in [0.5, 0.6) is 5.75 Å². The fraction of sp³-hybridized carbons (Fsp3) is 0.419. The van der Waals surface area contributed by atoms with E-state index in [0.717, 1.165) is 45.4 Å². The molecule has 0 amide bonds. The van der Waals surface area contributed by atoms with Crippen molar-refractivity contribution in [2.24, 2.45) is 17.3 Å². The summed E-state index contributed by atoms with van der Waals surface area (Å²) >= 11 is 1.64. The lowest BCUT2D eigenvalue weighted by Gasteiger charge is -2.25. The van der Waals surface area contributed by atoms with Gasteiger partial charge in [0.15, 0.2) is 0 Å². The minimum atomic E-state index is -0.993. The van der Waals surface area contributed by atoms with Crippen LogP contribution in [0.2, 0.25) is 0 Å². The number of fused-ring (bicyclic) bond motifs is 3. The number of aryl methyl sites for hydroxylation is 2. The van der Waals surface area contributed by atoms with Gasteiger partial charge in [0, 0.05) is 4.70 Å². The van der Waals surface area contributed by atoms with Crippen molar-refractivity contribution in [3.05, 3.63) is 59.2 Å². The van der Waals surface area contributed by atoms with Crippen LogP contribution in [0.1, 0.15) is 47.7 Å². The number of carboxylic acid groups (broad SMARTS) is 1. The van der Waals surface area contributed by atoms with Crippen molar-refractivity contribution in [2.45, 2.75) is 46.1 Å². The molecule has 0 spiro atoms. The zero-order chi connectivity index (χ0) is 26.6. The SMILES string of the molecule is Cc1c(-c2cc(C(=O)O)c3c(OC[C@H]4CC[C@@]5(C)C(C4)C5OCCF)ccc(C)c3n2)sc2ccccc12. The molecule has 0 bridgehead atoms. The predicted octanol–water partition coefficient (Wildman–Crippen LogP) is 7.60. The zero-order valence-electron chi connectivity index (χ0n) is 21.9. The normalized spacial score (nSPS) is 24.5. The van der Waals surface area contributed by atoms with Gasteiger partial charge in [-0.2, -0.15) is 0 Å². The van der Waals surface area contributed by atoms with Crippen molar-refractivity contribution < 1.29 is 23.8 Å². The minimum Gasteiger partial charge on any atom is -0.493 e. The molecule has 1 N–H and O–H groups in total. The summed E-state index contributed by atoms with van der Waals surface area (Å²) in [4.78, 5) is 18.5. The van der Waals surface area contributed by atoms with Gasteiger partial charge < -0.3 is 14.6 Å². The fourth-order valence-electron chi connectivity index (χ4n) is 6.43. The highest BCUT2D eigenvalue weighted by Crippen LogP contribution is 2.63. The number of hydrogen-bond donors (Lipinski definition) is 1. The fourth-order valence-corrected chi connectivity index (χ4v) is 7.60. The molecule has 6 rings (SSSR count). The van der Waals surface area contributed by atoms with Crippen LogP contribution in [0.4, 0.5) is 4.39 Å². The lowest BCUT2D eigenvalue weighted by molar-refractivity contribution is 0.0698. The molecule has 2 heterocycles. The molecule has 7 heteroatoms. The number of alkyl halides is 1. The molecule has 5 nitrogen and oxygen atoms in total. The standard InChI is InChI=1S/C31H32FNO4S/c1-17-8-9-24(37-16-19-10-11-31(3)22(14-19)29(31)36-13-12-32)26-21(30(34)35)15-23(33-27(17)26)28-18(2)20-6-4-5-7-25(20)38-28/h4-9,15,19,22,29H,10-14,16H2,1-3H3,(H,34,35)/t19-,22?,29?,31-/m0/s1. The van der Waals surface area contributed by atoms with Crippen LogP contribution < -0.4 is 4.74 Å². The van der Waals surface area contributed by atoms with Crippen molar-refractivity contribution in [3.8, 4) is 16.3 Å². The molecule has 2 aromatic carbocycles. The Morgan fingerprint density at radius 1 is 1.24 bits per heavy atom. The average Bonchev–Trinajstić information content (AvgIpc) is 3.35. The summed E-state index contributed by atoms with van der Waals surface area (Å²) in [5, 5.41) is 12.0. The van der Waals surface area contributed by atoms with Crippen LogP contribution in [-0.2, 0) is 4.74 Å². The summed E-state index contributed by atoms with van der Waals surface area (Å²) < 4.78 is 25.9. The highest BCUT2D eigenvalue weighted by atomic mass is 32.1. The minimum absolute atomic E-state index is 0.141. The number of ether oxygens (including phenoxy) is 2. The molecule has 2 aliphatic carbocycles. The lowest BCUT2D eigenvalue weighted by atomic mass is 9.83. The van der Waals surface area contributed by atoms with Crippen molar-refractivity contribution in [1.82, 2.24) is 4.98 Å². The maximum atomic E-state index is 12.6. The van der Waals surface area contributed by atoms with E-state index in [1.165, 1.54) is 0 Å². The summed E-state index contributed by atoms with van der Waals surface area (Å²) in [5.41, 5.74) is 3.72. The average molecular weight is 534 g/mol. The van der Waals surface area contributed by atoms with Crippen LogP contribution in [0.15, 0.2) is 42.5 Å². The molecule has 0 saturated heterocycles. The third-order valence-electron chi connectivity index (χ3n) is 8.71. The molecule has 2 aliphatic rings. The van der Waals surface area contributed by atoms with Gasteiger partial charge in [-0.05, 0) is 85.1 Å². The van der Waals surface area contributed by atoms with Crippen molar-refractivity contribution in [1.29, 1.82) is 0 Å². The second kappa shape index (κ2) is 9.62. The predicted molar refractivity (Wildman–Crippen MR) is 149 cm³/mol. The third-order valence-corrected chi connectivity index (χ3v) is 10.0. The molecule has 2 saturated carbocycles. The van der Waals surface area contributed by atoms with E-state index < -0.39 is 12.6 Å². The van der Waals surface area contributed by atoms with E-state index in [-0.39, 0.29) is 23.7 Å². The van der Waals surface area contributed by atoms with Gasteiger partial charge in [-0.25, -0.2) is 14.2 Å². The summed E-state index contributed by atoms with van der Waals surface area (Å²) in [6, 6.07) is 13.7. The maximum Gasteiger partial charge on any atom is 0.336 e. The highest BCUT2D eigenvalue weighted by Gasteiger charge is 2.63. The Balaban J connectivity index is 1.31. The number of thiophene rings is 1. The number of halogens is 1. The Morgan fingerprint density at radius 3 is 2.82 bits per heavy atom. The van der Waals surface area contributed by atoms with E-state index in [1.807, 2.05) is 31.2 Å². The summed E-state index contributed by atoms with van der Waals surface area (Å²) in [6.07, 6.45) is 3.18. The molecular weight excluding hydrogens is 501 g/mol. The van der Waals surface area contributed by atoms with Gasteiger partial charge in [-0.15, -0.1) is 11.3 Å². The molecule has 198 valence electrons. The first kappa shape index (κ1) is 25.3. The Labute approximate surface area is 225 Å². The first-order valence-electron chi connectivity index (χ1n) is 13.3. The molecule has 38 heavy (non-hydrogen) atoms. The van der Waals surface area contributed by atoms with Gasteiger partial charge in [-0.1, -0.05) is 31.2 Å². The van der Waals surface area contributed by atoms with E-state index in [2.05, 4.69) is 26.0 Å². The number of rotatable bonds is 8. The van der Waals surface area contributed by atoms with Gasteiger partial charge in [0.05, 0.1) is 46.4 Å². The maximum absolute atomic E-state index is 12.6. The number of benzene rings is 2. The second-order valence-electron chi connectivity index (χ2n) is 11.1. The van der Waals surface area contributed by atoms with Crippen molar-refractivity contribution >= 4 is 38.3 Å². The smallest absolute Gasteiger partial charge is 0.336 e. The largest absolute Gasteiger partial charge is 0.493 e. The molecule has 2 aromatic heterocycles. The van der Waals surface area contributed by atoms with Crippen molar-refractivity contribution in [3.63, 3.8) is 0 Å². The van der Waals surface area contributed by atoms with Gasteiger partial charge in [0.25, 0.3) is 0 Å². The first-order valence-corrected chi connectivity index (χ1v) is 14.1. The van der Waals surface area contributed by atoms with Gasteiger partial charge in [0.2, 0.25) is 0 Å². The second-order valence-corrected chi connectivity index (χ2v) is 12.1. The summed E-state index contributed by atoms with van der Waals surface area (Å²) in [7, 11) is 0. The van der Waals surface area contributed by atoms with Crippen LogP contribution >= 0.6 is 11.3 Å². The Hall–Kier alpha value is -3.03. The first-order chi connectivity index (χ1) is 18.3. The Kier molecular flexibility index (Phi) is 6.39. The van der Waals surface area contributed by atoms with Crippen molar-refractivity contribution in [2.75, 3.05) is 19.9 Å². The number of aromatic nitrogens is 1. The van der Waals surface area contributed by atoms with Gasteiger partial charge in [0.1, 0.15) is 12.4 Å². The van der Waals surface area contributed by atoms with E-state index in [4.69, 9.17) is 14.5 Å². The number of carbonyl (C=O) groups is 1. The van der Waals surface area contributed by atoms with Gasteiger partial charge in [-0.3, -0.25) is 0 Å². The van der Waals surface area contributed by atoms with E-state index >= 15 is 0 Å². The van der Waals surface area contributed by atoms with Gasteiger partial charge >= 0.3 is 5.97 Å². The van der Waals surface area contributed by atoms with Crippen LogP contribution in [0.25, 0.3) is 31.6 Å². The molecule has 2 fully saturated rings. The topological polar surface area (TPSA) is 68.7 Å². The Bertz CT molecular complexity index is 1550. The number of aromatic carboxylic acids is 1. The van der Waals surface area contributed by atoms with E-state index in [1.54, 1.807) is 17.4 Å². The van der Waals surface area contributed by atoms with E-state index in [9.17, 15) is 14.3 Å². The molecule has 0 radical (unpaired) electrons. The van der Waals surface area contributed by atoms with Crippen LogP contribution in [0, 0.1) is 31.1 Å². The molecule has 4 aromatic rings. The monoisotopic (exact) mass is 533 g/mol. The molecule has 4 atom stereocenters. The lowest BCUT2D eigenvalue weighted by Crippen LogP contribution is -2.20. The molecule has 2 unspecified atom stereocenters. The van der Waals surface area contributed by atoms with Crippen LogP contribution in [0.3, 0.4) is 0 Å². The third kappa shape index (κ3) is 4.16. The number of nitrogens with zero attached hydrogens (tertiary/aromatic N) is 1. The number of hydrogen-bond acceptors (Lipinski definition) is 5. The van der Waals surface area contributed by atoms with Crippen LogP contribution in [-0.4, -0.2) is 42.1 Å². The Morgan fingerprint density at radius 2 is 2.05 bits per heavy atom. The number of pyridine rings is 1. The molecular formula is C31H32FNO4S. The zero-order valence-corrected chi connectivity index (χ0v) is 22.7. The highest BCUT2D eigenvalue weighted by molar-refractivity contribution is 7.22. The summed E-state index contributed by atoms with van der Waals surface area (Å²) in [6.45, 7) is 6.49. The van der Waals surface area contributed by atoms with E-state index in [0.29, 0.717) is 40.8 Å². The molecule has 0 aliphatic heterocycles. The quantitative estimate of drug-likeness (QED) is 0.253. The summed E-state index contributed by atoms with van der Waals surface area (Å²) in [5.74, 6) is 0.358.